The van der Waals surface area contributed by atoms with Crippen LogP contribution in [0.2, 0.25) is 0 Å². The number of nitrogens with one attached hydrogen (secondary N) is 2. The van der Waals surface area contributed by atoms with Gasteiger partial charge in [0.2, 0.25) is 5.91 Å². The number of nitrogens with zero attached hydrogens (tertiary/aromatic N) is 5. The minimum Gasteiger partial charge on any atom is -0.409 e. The van der Waals surface area contributed by atoms with Crippen LogP contribution in [0.4, 0.5) is 5.82 Å². The minimum absolute atomic E-state index is 0. The van der Waals surface area contributed by atoms with Crippen LogP contribution in [0.5, 0.6) is 5.75 Å². The van der Waals surface area contributed by atoms with E-state index in [9.17, 15) is 9.59 Å². The number of unbranched alkanes of at least 4 members (excludes halogenated alkanes) is 1. The van der Waals surface area contributed by atoms with Crippen LogP contribution in [0, 0.1) is 6.92 Å². The zero-order valence-corrected chi connectivity index (χ0v) is 30.9. The quantitative estimate of drug-likeness (QED) is 0.103. The van der Waals surface area contributed by atoms with Crippen LogP contribution < -0.4 is 19.7 Å². The lowest BCUT2D eigenvalue weighted by atomic mass is 10.1. The van der Waals surface area contributed by atoms with E-state index in [1.54, 1.807) is 25.3 Å². The Morgan fingerprint density at radius 3 is 2.51 bits per heavy atom. The van der Waals surface area contributed by atoms with E-state index in [0.717, 1.165) is 66.0 Å². The molecule has 1 aromatic carbocycles. The third kappa shape index (κ3) is 10.8. The Morgan fingerprint density at radius 2 is 1.78 bits per heavy atom. The average Bonchev–Trinajstić information content (AvgIpc) is 3.05. The maximum Gasteiger partial charge on any atom is 0.251 e. The summed E-state index contributed by atoms with van der Waals surface area (Å²) in [5.74, 6) is 1.34. The maximum atomic E-state index is 13.0. The number of carbonyl (C=O) groups excluding carboxylic acids is 2. The average molecular weight is 706 g/mol. The topological polar surface area (TPSA) is 122 Å². The van der Waals surface area contributed by atoms with Crippen LogP contribution in [0.25, 0.3) is 22.3 Å². The molecule has 0 bridgehead atoms. The number of fused-ring (bicyclic) bond motifs is 1. The number of morpholine rings is 1. The molecule has 262 valence electrons. The number of hydrogen-bond acceptors (Lipinski definition) is 10. The van der Waals surface area contributed by atoms with Crippen LogP contribution in [0.3, 0.4) is 0 Å². The number of carbonyl (C=O) groups is 2. The summed E-state index contributed by atoms with van der Waals surface area (Å²) in [6.07, 6.45) is 4.69. The van der Waals surface area contributed by atoms with Gasteiger partial charge in [0.1, 0.15) is 23.8 Å². The van der Waals surface area contributed by atoms with Crippen LogP contribution in [-0.4, -0.2) is 77.0 Å². The zero-order valence-electron chi connectivity index (χ0n) is 29.1. The van der Waals surface area contributed by atoms with Gasteiger partial charge in [-0.2, -0.15) is 13.5 Å². The Labute approximate surface area is 300 Å². The van der Waals surface area contributed by atoms with E-state index in [1.807, 2.05) is 49.6 Å². The Bertz CT molecular complexity index is 1750. The monoisotopic (exact) mass is 705 g/mol. The lowest BCUT2D eigenvalue weighted by Crippen LogP contribution is -2.45. The zero-order chi connectivity index (χ0) is 34.2. The summed E-state index contributed by atoms with van der Waals surface area (Å²) in [5.41, 5.74) is 5.67. The molecule has 1 aliphatic heterocycles. The number of hydrogen-bond donors (Lipinski definition) is 2. The minimum atomic E-state index is -0.212. The van der Waals surface area contributed by atoms with Crippen LogP contribution in [0.15, 0.2) is 54.7 Å². The number of rotatable bonds is 13. The second kappa shape index (κ2) is 17.7. The molecule has 0 aliphatic carbocycles. The van der Waals surface area contributed by atoms with Gasteiger partial charge in [0.25, 0.3) is 5.91 Å². The highest BCUT2D eigenvalue weighted by atomic mass is 32.2. The lowest BCUT2D eigenvalue weighted by molar-refractivity contribution is -0.118. The van der Waals surface area contributed by atoms with E-state index in [0.29, 0.717) is 23.6 Å². The molecule has 13 heteroatoms. The molecule has 4 heterocycles. The maximum absolute atomic E-state index is 13.0. The number of amides is 2. The van der Waals surface area contributed by atoms with E-state index >= 15 is 0 Å². The van der Waals surface area contributed by atoms with Crippen molar-refractivity contribution < 1.29 is 18.5 Å². The van der Waals surface area contributed by atoms with Gasteiger partial charge in [-0.3, -0.25) is 14.6 Å². The van der Waals surface area contributed by atoms with Gasteiger partial charge < -0.3 is 24.5 Å². The molecule has 4 aromatic rings. The lowest BCUT2D eigenvalue weighted by Gasteiger charge is -2.36. The summed E-state index contributed by atoms with van der Waals surface area (Å²) in [5, 5.41) is 6.76. The highest BCUT2D eigenvalue weighted by Gasteiger charge is 2.24. The first-order chi connectivity index (χ1) is 23.0. The van der Waals surface area contributed by atoms with Crippen molar-refractivity contribution in [3.05, 3.63) is 77.1 Å². The van der Waals surface area contributed by atoms with Crippen molar-refractivity contribution in [1.82, 2.24) is 29.9 Å². The Hall–Kier alpha value is -3.91. The fraction of sp³-hybridized carbons (Fsp3) is 0.417. The van der Waals surface area contributed by atoms with Crippen molar-refractivity contribution in [1.29, 1.82) is 0 Å². The summed E-state index contributed by atoms with van der Waals surface area (Å²) in [4.78, 5) is 41.3. The number of pyridine rings is 3. The molecule has 1 fully saturated rings. The third-order valence-corrected chi connectivity index (χ3v) is 8.48. The molecule has 0 radical (unpaired) electrons. The van der Waals surface area contributed by atoms with E-state index in [4.69, 9.17) is 18.9 Å². The number of ether oxygens (including phenoxy) is 1. The van der Waals surface area contributed by atoms with Gasteiger partial charge in [-0.25, -0.2) is 14.3 Å². The van der Waals surface area contributed by atoms with Gasteiger partial charge >= 0.3 is 0 Å². The molecule has 2 unspecified atom stereocenters. The van der Waals surface area contributed by atoms with E-state index < -0.39 is 0 Å². The molecule has 49 heavy (non-hydrogen) atoms. The van der Waals surface area contributed by atoms with Crippen molar-refractivity contribution in [3.8, 4) is 17.1 Å². The van der Waals surface area contributed by atoms with Gasteiger partial charge in [0.15, 0.2) is 0 Å². The predicted molar refractivity (Wildman–Crippen MR) is 201 cm³/mol. The Balaban J connectivity index is 0.00000541. The smallest absolute Gasteiger partial charge is 0.251 e. The van der Waals surface area contributed by atoms with Crippen molar-refractivity contribution in [2.75, 3.05) is 38.6 Å². The highest BCUT2D eigenvalue weighted by molar-refractivity contribution is 7.92. The number of aryl methyl sites for hydroxylation is 2. The Morgan fingerprint density at radius 1 is 1.00 bits per heavy atom. The van der Waals surface area contributed by atoms with Crippen LogP contribution >= 0.6 is 25.7 Å². The van der Waals surface area contributed by atoms with E-state index in [-0.39, 0.29) is 44.1 Å². The van der Waals surface area contributed by atoms with Crippen molar-refractivity contribution in [2.24, 2.45) is 0 Å². The standard InChI is InChI=1S/C36H45N7O4S.H2S/c1-23-10-11-28(17-34(23)47-48-42(5)6)36(45)39-20-30-18-32-29(19-38-30)12-13-31(40-32)33-15-27(9-7-8-14-37-26(4)44)16-35(41-33)43-21-24(2)46-25(3)22-43;/h10-13,15-19,24-25H,7-9,14,20-22H2,1-6H3,(H,37,44)(H,39,45);1H2. The first-order valence-electron chi connectivity index (χ1n) is 16.4. The number of anilines is 1. The molecule has 2 N–H and O–H groups in total. The normalized spacial score (nSPS) is 15.9. The summed E-state index contributed by atoms with van der Waals surface area (Å²) >= 11 is 1.20. The fourth-order valence-corrected chi connectivity index (χ4v) is 6.02. The third-order valence-electron chi connectivity index (χ3n) is 7.93. The first-order valence-corrected chi connectivity index (χ1v) is 17.1. The second-order valence-corrected chi connectivity index (χ2v) is 13.6. The molecule has 2 amide bonds. The molecule has 2 atom stereocenters. The molecule has 1 saturated heterocycles. The molecule has 5 rings (SSSR count). The molecular formula is C36H47N7O4S2. The van der Waals surface area contributed by atoms with E-state index in [1.165, 1.54) is 17.8 Å². The van der Waals surface area contributed by atoms with Crippen molar-refractivity contribution in [2.45, 2.75) is 65.7 Å². The molecular weight excluding hydrogens is 659 g/mol. The van der Waals surface area contributed by atoms with Gasteiger partial charge in [-0.05, 0) is 93.6 Å². The SMILES string of the molecule is CC(=O)NCCCCc1cc(-c2ccc3cnc(CNC(=O)c4ccc(C)c(OSN(C)C)c4)cc3n2)nc(N2CC(C)OC(C)C2)c1.S. The summed E-state index contributed by atoms with van der Waals surface area (Å²) < 4.78 is 13.6. The van der Waals surface area contributed by atoms with Gasteiger partial charge in [-0.1, -0.05) is 6.07 Å². The van der Waals surface area contributed by atoms with Gasteiger partial charge in [0.05, 0.1) is 41.4 Å². The summed E-state index contributed by atoms with van der Waals surface area (Å²) in [7, 11) is 3.78. The molecule has 0 saturated carbocycles. The largest absolute Gasteiger partial charge is 0.409 e. The summed E-state index contributed by atoms with van der Waals surface area (Å²) in [6.45, 7) is 10.1. The molecule has 3 aromatic heterocycles. The Kier molecular flexibility index (Phi) is 13.7. The van der Waals surface area contributed by atoms with Gasteiger partial charge in [-0.15, -0.1) is 0 Å². The van der Waals surface area contributed by atoms with Crippen molar-refractivity contribution >= 4 is 54.3 Å². The highest BCUT2D eigenvalue weighted by Crippen LogP contribution is 2.28. The van der Waals surface area contributed by atoms with Gasteiger partial charge in [0, 0.05) is 57.8 Å². The molecule has 1 aliphatic rings. The molecule has 0 spiro atoms. The first kappa shape index (κ1) is 37.9. The van der Waals surface area contributed by atoms with Crippen LogP contribution in [0.1, 0.15) is 60.8 Å². The number of aromatic nitrogens is 3. The van der Waals surface area contributed by atoms with E-state index in [2.05, 4.69) is 46.5 Å². The van der Waals surface area contributed by atoms with Crippen LogP contribution in [-0.2, 0) is 22.5 Å². The van der Waals surface area contributed by atoms with Crippen molar-refractivity contribution in [3.63, 3.8) is 0 Å². The molecule has 11 nitrogen and oxygen atoms in total. The summed E-state index contributed by atoms with van der Waals surface area (Å²) in [6, 6.07) is 15.6. The second-order valence-electron chi connectivity index (χ2n) is 12.5. The fourth-order valence-electron chi connectivity index (χ4n) is 5.61. The predicted octanol–water partition coefficient (Wildman–Crippen LogP) is 5.62. The number of benzene rings is 1.